The molecule has 58 heavy (non-hydrogen) atoms. The van der Waals surface area contributed by atoms with E-state index >= 15 is 0 Å². The molecule has 2 heterocycles. The van der Waals surface area contributed by atoms with Crippen LogP contribution in [0.25, 0.3) is 49.5 Å². The van der Waals surface area contributed by atoms with Crippen LogP contribution in [0.5, 0.6) is 0 Å². The van der Waals surface area contributed by atoms with Crippen LogP contribution in [0, 0.1) is 0 Å². The van der Waals surface area contributed by atoms with Crippen molar-refractivity contribution in [2.24, 2.45) is 4.99 Å². The van der Waals surface area contributed by atoms with Gasteiger partial charge in [0.05, 0.1) is 17.2 Å². The van der Waals surface area contributed by atoms with Crippen molar-refractivity contribution in [1.82, 2.24) is 5.32 Å². The van der Waals surface area contributed by atoms with Crippen LogP contribution in [0.2, 0.25) is 0 Å². The SMILES string of the molecule is C1=C(c2ccccc2)N=C(c2ccc(-c3ccc4c(c3)C3(c5ccccc5-4)c4ccc5ccccc5c4Sc4c3ccc3ccccc43)cc2)NC1c1ccccc1. The van der Waals surface area contributed by atoms with Crippen LogP contribution < -0.4 is 5.32 Å². The van der Waals surface area contributed by atoms with Crippen molar-refractivity contribution in [3.63, 3.8) is 0 Å². The predicted octanol–water partition coefficient (Wildman–Crippen LogP) is 13.6. The highest BCUT2D eigenvalue weighted by molar-refractivity contribution is 8.00. The van der Waals surface area contributed by atoms with E-state index in [1.165, 1.54) is 81.4 Å². The summed E-state index contributed by atoms with van der Waals surface area (Å²) in [6, 6.07) is 73.5. The first-order valence-electron chi connectivity index (χ1n) is 20.0. The third kappa shape index (κ3) is 4.97. The molecule has 1 aliphatic carbocycles. The maximum absolute atomic E-state index is 5.18. The van der Waals surface area contributed by atoms with Gasteiger partial charge >= 0.3 is 0 Å². The van der Waals surface area contributed by atoms with Crippen LogP contribution in [0.4, 0.5) is 0 Å². The van der Waals surface area contributed by atoms with Crippen molar-refractivity contribution in [1.29, 1.82) is 0 Å². The first-order chi connectivity index (χ1) is 28.7. The highest BCUT2D eigenvalue weighted by atomic mass is 32.2. The lowest BCUT2D eigenvalue weighted by molar-refractivity contribution is 0.729. The number of hydrogen-bond acceptors (Lipinski definition) is 3. The molecule has 1 spiro atoms. The lowest BCUT2D eigenvalue weighted by Crippen LogP contribution is -2.32. The average Bonchev–Trinajstić information content (AvgIpc) is 3.59. The zero-order chi connectivity index (χ0) is 38.2. The van der Waals surface area contributed by atoms with Crippen LogP contribution in [0.15, 0.2) is 221 Å². The van der Waals surface area contributed by atoms with E-state index < -0.39 is 5.41 Å². The highest BCUT2D eigenvalue weighted by Crippen LogP contribution is 2.64. The van der Waals surface area contributed by atoms with Crippen molar-refractivity contribution < 1.29 is 0 Å². The molecule has 0 aromatic heterocycles. The second kappa shape index (κ2) is 13.1. The zero-order valence-electron chi connectivity index (χ0n) is 31.6. The maximum atomic E-state index is 5.18. The largest absolute Gasteiger partial charge is 0.359 e. The summed E-state index contributed by atoms with van der Waals surface area (Å²) < 4.78 is 0. The maximum Gasteiger partial charge on any atom is 0.134 e. The van der Waals surface area contributed by atoms with Gasteiger partial charge < -0.3 is 5.32 Å². The Kier molecular flexibility index (Phi) is 7.48. The number of aliphatic imine (C=N–C) groups is 1. The molecule has 9 aromatic rings. The Balaban J connectivity index is 1.02. The second-order valence-electron chi connectivity index (χ2n) is 15.5. The molecule has 1 N–H and O–H groups in total. The Hall–Kier alpha value is -6.94. The first-order valence-corrected chi connectivity index (χ1v) is 20.8. The molecular formula is C55H36N2S. The summed E-state index contributed by atoms with van der Waals surface area (Å²) in [4.78, 5) is 7.87. The summed E-state index contributed by atoms with van der Waals surface area (Å²) >= 11 is 1.94. The summed E-state index contributed by atoms with van der Waals surface area (Å²) in [5.74, 6) is 0.873. The predicted molar refractivity (Wildman–Crippen MR) is 242 cm³/mol. The van der Waals surface area contributed by atoms with Crippen molar-refractivity contribution >= 4 is 44.8 Å². The molecule has 0 radical (unpaired) electrons. The van der Waals surface area contributed by atoms with Gasteiger partial charge in [-0.15, -0.1) is 0 Å². The molecule has 0 saturated heterocycles. The van der Waals surface area contributed by atoms with Gasteiger partial charge in [-0.25, -0.2) is 4.99 Å². The summed E-state index contributed by atoms with van der Waals surface area (Å²) in [5.41, 5.74) is 14.2. The fourth-order valence-electron chi connectivity index (χ4n) is 9.70. The molecule has 9 aromatic carbocycles. The van der Waals surface area contributed by atoms with E-state index in [4.69, 9.17) is 4.99 Å². The van der Waals surface area contributed by atoms with Gasteiger partial charge in [0.2, 0.25) is 0 Å². The number of benzene rings is 9. The molecule has 0 amide bonds. The van der Waals surface area contributed by atoms with Crippen LogP contribution >= 0.6 is 11.8 Å². The third-order valence-corrected chi connectivity index (χ3v) is 13.7. The Morgan fingerprint density at radius 3 is 1.71 bits per heavy atom. The molecule has 1 unspecified atom stereocenters. The summed E-state index contributed by atoms with van der Waals surface area (Å²) in [6.45, 7) is 0. The second-order valence-corrected chi connectivity index (χ2v) is 16.5. The molecule has 0 bridgehead atoms. The Bertz CT molecular complexity index is 3080. The smallest absolute Gasteiger partial charge is 0.134 e. The summed E-state index contributed by atoms with van der Waals surface area (Å²) in [7, 11) is 0. The number of hydrogen-bond donors (Lipinski definition) is 1. The zero-order valence-corrected chi connectivity index (χ0v) is 32.4. The van der Waals surface area contributed by atoms with Crippen molar-refractivity contribution in [2.75, 3.05) is 0 Å². The molecular weight excluding hydrogens is 721 g/mol. The minimum Gasteiger partial charge on any atom is -0.359 e. The van der Waals surface area contributed by atoms with Crippen molar-refractivity contribution in [2.45, 2.75) is 21.2 Å². The van der Waals surface area contributed by atoms with E-state index in [9.17, 15) is 0 Å². The lowest BCUT2D eigenvalue weighted by atomic mass is 9.66. The molecule has 272 valence electrons. The number of rotatable bonds is 4. The Morgan fingerprint density at radius 2 is 1.00 bits per heavy atom. The lowest BCUT2D eigenvalue weighted by Gasteiger charge is -2.40. The molecule has 3 aliphatic rings. The molecule has 2 nitrogen and oxygen atoms in total. The van der Waals surface area contributed by atoms with Gasteiger partial charge in [0.15, 0.2) is 0 Å². The average molecular weight is 757 g/mol. The molecule has 12 rings (SSSR count). The molecule has 0 fully saturated rings. The minimum absolute atomic E-state index is 0.00627. The number of nitrogens with zero attached hydrogens (tertiary/aromatic N) is 1. The van der Waals surface area contributed by atoms with E-state index in [1.54, 1.807) is 0 Å². The number of amidine groups is 1. The molecule has 0 saturated carbocycles. The molecule has 3 heteroatoms. The van der Waals surface area contributed by atoms with Gasteiger partial charge in [-0.1, -0.05) is 206 Å². The number of nitrogens with one attached hydrogen (secondary N) is 1. The van der Waals surface area contributed by atoms with E-state index in [0.29, 0.717) is 0 Å². The minimum atomic E-state index is -0.487. The van der Waals surface area contributed by atoms with Crippen LogP contribution in [-0.2, 0) is 5.41 Å². The van der Waals surface area contributed by atoms with E-state index in [1.807, 2.05) is 11.8 Å². The van der Waals surface area contributed by atoms with Gasteiger partial charge in [0.1, 0.15) is 5.84 Å². The van der Waals surface area contributed by atoms with Gasteiger partial charge in [-0.3, -0.25) is 0 Å². The molecule has 1 atom stereocenters. The van der Waals surface area contributed by atoms with Crippen LogP contribution in [0.3, 0.4) is 0 Å². The molecule has 2 aliphatic heterocycles. The van der Waals surface area contributed by atoms with Gasteiger partial charge in [0, 0.05) is 15.4 Å². The van der Waals surface area contributed by atoms with Crippen molar-refractivity contribution in [3.05, 3.63) is 245 Å². The Labute approximate surface area is 342 Å². The van der Waals surface area contributed by atoms with Crippen molar-refractivity contribution in [3.8, 4) is 22.3 Å². The van der Waals surface area contributed by atoms with Gasteiger partial charge in [-0.2, -0.15) is 0 Å². The third-order valence-electron chi connectivity index (χ3n) is 12.4. The first kappa shape index (κ1) is 33.2. The number of fused-ring (bicyclic) bond motifs is 13. The topological polar surface area (TPSA) is 24.4 Å². The summed E-state index contributed by atoms with van der Waals surface area (Å²) in [6.07, 6.45) is 2.23. The highest BCUT2D eigenvalue weighted by Gasteiger charge is 2.51. The van der Waals surface area contributed by atoms with E-state index in [-0.39, 0.29) is 6.04 Å². The van der Waals surface area contributed by atoms with Gasteiger partial charge in [0.25, 0.3) is 0 Å². The van der Waals surface area contributed by atoms with Crippen LogP contribution in [-0.4, -0.2) is 5.84 Å². The summed E-state index contributed by atoms with van der Waals surface area (Å²) in [5, 5.41) is 8.89. The normalized spacial score (nSPS) is 15.8. The quantitative estimate of drug-likeness (QED) is 0.193. The standard InChI is InChI=1S/C55H36N2S/c1-3-15-38(16-4-1)50-34-51(39-17-5-2-6-18-39)57-54(56-50)40-25-23-35(24-26-40)41-27-30-45-44-21-11-12-22-46(44)55(49(45)33-41)47-31-28-36-13-7-9-19-42(36)52(47)58-53-43-20-10-8-14-37(43)29-32-48(53)55/h1-34,50H,(H,56,57). The monoisotopic (exact) mass is 756 g/mol. The Morgan fingerprint density at radius 1 is 0.431 bits per heavy atom. The van der Waals surface area contributed by atoms with Crippen LogP contribution in [0.1, 0.15) is 45.0 Å². The van der Waals surface area contributed by atoms with E-state index in [2.05, 4.69) is 212 Å². The fourth-order valence-corrected chi connectivity index (χ4v) is 11.2. The van der Waals surface area contributed by atoms with Gasteiger partial charge in [-0.05, 0) is 89.3 Å². The fraction of sp³-hybridized carbons (Fsp3) is 0.0364. The van der Waals surface area contributed by atoms with E-state index in [0.717, 1.165) is 22.7 Å².